The standard InChI is InChI=1S/C30H32N6O2/c1-37-16-17-38-24-8-9-26-25(18-24)33-20-36(26)28-10-7-21-4-2-6-27(30(21)34-28)35-14-11-22(12-15-35)29-23(19-31)5-3-13-32-29/h2-10,13,18,20,22H,11-12,14-17,19,31H2,1H3. The fourth-order valence-electron chi connectivity index (χ4n) is 5.40. The average Bonchev–Trinajstić information content (AvgIpc) is 3.40. The lowest BCUT2D eigenvalue weighted by atomic mass is 9.90. The van der Waals surface area contributed by atoms with E-state index in [1.165, 1.54) is 5.69 Å². The van der Waals surface area contributed by atoms with Crippen LogP contribution in [-0.4, -0.2) is 52.9 Å². The normalized spacial score (nSPS) is 14.4. The maximum absolute atomic E-state index is 5.98. The third-order valence-electron chi connectivity index (χ3n) is 7.37. The van der Waals surface area contributed by atoms with Crippen LogP contribution in [0, 0.1) is 0 Å². The van der Waals surface area contributed by atoms with E-state index in [1.54, 1.807) is 7.11 Å². The Balaban J connectivity index is 1.27. The number of methoxy groups -OCH3 is 1. The summed E-state index contributed by atoms with van der Waals surface area (Å²) in [6, 6.07) is 20.6. The second-order valence-corrected chi connectivity index (χ2v) is 9.64. The van der Waals surface area contributed by atoms with Crippen molar-refractivity contribution in [3.05, 3.63) is 84.4 Å². The zero-order chi connectivity index (χ0) is 25.9. The summed E-state index contributed by atoms with van der Waals surface area (Å²) in [7, 11) is 1.66. The van der Waals surface area contributed by atoms with Crippen LogP contribution in [0.4, 0.5) is 5.69 Å². The van der Waals surface area contributed by atoms with Gasteiger partial charge in [-0.15, -0.1) is 0 Å². The predicted octanol–water partition coefficient (Wildman–Crippen LogP) is 4.84. The van der Waals surface area contributed by atoms with Gasteiger partial charge in [0.05, 0.1) is 28.8 Å². The number of ether oxygens (including phenoxy) is 2. The summed E-state index contributed by atoms with van der Waals surface area (Å²) in [5, 5.41) is 1.13. The highest BCUT2D eigenvalue weighted by Crippen LogP contribution is 2.34. The molecule has 0 atom stereocenters. The van der Waals surface area contributed by atoms with Crippen molar-refractivity contribution in [2.24, 2.45) is 5.73 Å². The molecule has 38 heavy (non-hydrogen) atoms. The molecule has 8 nitrogen and oxygen atoms in total. The van der Waals surface area contributed by atoms with E-state index in [2.05, 4.69) is 51.3 Å². The molecule has 4 heterocycles. The predicted molar refractivity (Wildman–Crippen MR) is 150 cm³/mol. The van der Waals surface area contributed by atoms with Gasteiger partial charge in [0.2, 0.25) is 0 Å². The molecule has 0 spiro atoms. The number of pyridine rings is 2. The van der Waals surface area contributed by atoms with Gasteiger partial charge >= 0.3 is 0 Å². The van der Waals surface area contributed by atoms with Crippen LogP contribution in [0.5, 0.6) is 5.75 Å². The number of anilines is 1. The lowest BCUT2D eigenvalue weighted by Crippen LogP contribution is -2.33. The van der Waals surface area contributed by atoms with Gasteiger partial charge in [-0.05, 0) is 54.8 Å². The Morgan fingerprint density at radius 1 is 0.974 bits per heavy atom. The van der Waals surface area contributed by atoms with E-state index >= 15 is 0 Å². The molecule has 0 aliphatic carbocycles. The largest absolute Gasteiger partial charge is 0.491 e. The Labute approximate surface area is 222 Å². The second kappa shape index (κ2) is 10.8. The molecule has 0 saturated carbocycles. The monoisotopic (exact) mass is 508 g/mol. The van der Waals surface area contributed by atoms with E-state index in [0.29, 0.717) is 25.7 Å². The van der Waals surface area contributed by atoms with Gasteiger partial charge in [-0.2, -0.15) is 0 Å². The van der Waals surface area contributed by atoms with Gasteiger partial charge in [0.1, 0.15) is 24.5 Å². The van der Waals surface area contributed by atoms with E-state index in [-0.39, 0.29) is 0 Å². The number of para-hydroxylation sites is 1. The van der Waals surface area contributed by atoms with Crippen LogP contribution in [0.2, 0.25) is 0 Å². The zero-order valence-electron chi connectivity index (χ0n) is 21.6. The minimum absolute atomic E-state index is 0.435. The number of fused-ring (bicyclic) bond motifs is 2. The summed E-state index contributed by atoms with van der Waals surface area (Å²) < 4.78 is 12.9. The van der Waals surface area contributed by atoms with Crippen molar-refractivity contribution in [1.82, 2.24) is 19.5 Å². The average molecular weight is 509 g/mol. The molecule has 6 rings (SSSR count). The number of nitrogens with two attached hydrogens (primary N) is 1. The van der Waals surface area contributed by atoms with Crippen LogP contribution >= 0.6 is 0 Å². The molecule has 1 fully saturated rings. The van der Waals surface area contributed by atoms with Gasteiger partial charge in [0, 0.05) is 56.0 Å². The third-order valence-corrected chi connectivity index (χ3v) is 7.37. The van der Waals surface area contributed by atoms with Crippen molar-refractivity contribution in [3.63, 3.8) is 0 Å². The highest BCUT2D eigenvalue weighted by Gasteiger charge is 2.24. The van der Waals surface area contributed by atoms with E-state index in [9.17, 15) is 0 Å². The summed E-state index contributed by atoms with van der Waals surface area (Å²) in [5.41, 5.74) is 12.3. The maximum atomic E-state index is 5.98. The molecule has 1 saturated heterocycles. The smallest absolute Gasteiger partial charge is 0.139 e. The molecule has 0 radical (unpaired) electrons. The molecule has 0 unspecified atom stereocenters. The van der Waals surface area contributed by atoms with Crippen molar-refractivity contribution >= 4 is 27.6 Å². The van der Waals surface area contributed by atoms with E-state index in [4.69, 9.17) is 20.2 Å². The molecular formula is C30H32N6O2. The summed E-state index contributed by atoms with van der Waals surface area (Å²) in [6.07, 6.45) is 5.79. The van der Waals surface area contributed by atoms with Crippen molar-refractivity contribution in [1.29, 1.82) is 0 Å². The van der Waals surface area contributed by atoms with Crippen LogP contribution in [0.15, 0.2) is 73.2 Å². The first-order valence-corrected chi connectivity index (χ1v) is 13.1. The van der Waals surface area contributed by atoms with Gasteiger partial charge < -0.3 is 20.1 Å². The lowest BCUT2D eigenvalue weighted by Gasteiger charge is -2.34. The van der Waals surface area contributed by atoms with E-state index < -0.39 is 0 Å². The summed E-state index contributed by atoms with van der Waals surface area (Å²) in [4.78, 5) is 16.9. The Morgan fingerprint density at radius 3 is 2.71 bits per heavy atom. The van der Waals surface area contributed by atoms with Gasteiger partial charge in [0.15, 0.2) is 0 Å². The van der Waals surface area contributed by atoms with Crippen LogP contribution in [-0.2, 0) is 11.3 Å². The minimum atomic E-state index is 0.435. The molecule has 8 heteroatoms. The van der Waals surface area contributed by atoms with Gasteiger partial charge in [-0.1, -0.05) is 18.2 Å². The van der Waals surface area contributed by atoms with Crippen LogP contribution < -0.4 is 15.4 Å². The molecule has 1 aliphatic heterocycles. The highest BCUT2D eigenvalue weighted by molar-refractivity contribution is 5.92. The topological polar surface area (TPSA) is 91.3 Å². The summed E-state index contributed by atoms with van der Waals surface area (Å²) in [6.45, 7) is 3.49. The fraction of sp³-hybridized carbons (Fsp3) is 0.300. The fourth-order valence-corrected chi connectivity index (χ4v) is 5.40. The van der Waals surface area contributed by atoms with Gasteiger partial charge in [0.25, 0.3) is 0 Å². The Bertz CT molecular complexity index is 1560. The van der Waals surface area contributed by atoms with Crippen LogP contribution in [0.1, 0.15) is 30.0 Å². The van der Waals surface area contributed by atoms with Crippen molar-refractivity contribution in [2.75, 3.05) is 38.3 Å². The molecular weight excluding hydrogens is 476 g/mol. The zero-order valence-corrected chi connectivity index (χ0v) is 21.6. The molecule has 3 aromatic heterocycles. The molecule has 2 N–H and O–H groups in total. The third kappa shape index (κ3) is 4.68. The van der Waals surface area contributed by atoms with Gasteiger partial charge in [-0.3, -0.25) is 9.55 Å². The second-order valence-electron chi connectivity index (χ2n) is 9.64. The number of aromatic nitrogens is 4. The molecule has 5 aromatic rings. The summed E-state index contributed by atoms with van der Waals surface area (Å²) >= 11 is 0. The van der Waals surface area contributed by atoms with Crippen molar-refractivity contribution < 1.29 is 9.47 Å². The van der Waals surface area contributed by atoms with Crippen LogP contribution in [0.25, 0.3) is 27.8 Å². The lowest BCUT2D eigenvalue weighted by molar-refractivity contribution is 0.146. The van der Waals surface area contributed by atoms with E-state index in [1.807, 2.05) is 41.4 Å². The SMILES string of the molecule is COCCOc1ccc2c(c1)ncn2-c1ccc2cccc(N3CCC(c4ncccc4CN)CC3)c2n1. The maximum Gasteiger partial charge on any atom is 0.139 e. The number of nitrogens with zero attached hydrogens (tertiary/aromatic N) is 5. The molecule has 194 valence electrons. The Kier molecular flexibility index (Phi) is 6.90. The highest BCUT2D eigenvalue weighted by atomic mass is 16.5. The van der Waals surface area contributed by atoms with Crippen LogP contribution in [0.3, 0.4) is 0 Å². The molecule has 0 bridgehead atoms. The molecule has 1 aliphatic rings. The van der Waals surface area contributed by atoms with Crippen molar-refractivity contribution in [3.8, 4) is 11.6 Å². The van der Waals surface area contributed by atoms with Crippen molar-refractivity contribution in [2.45, 2.75) is 25.3 Å². The Hall–Kier alpha value is -4.01. The molecule has 0 amide bonds. The van der Waals surface area contributed by atoms with E-state index in [0.717, 1.165) is 70.7 Å². The number of rotatable bonds is 8. The number of hydrogen-bond donors (Lipinski definition) is 1. The van der Waals surface area contributed by atoms with Gasteiger partial charge in [-0.25, -0.2) is 9.97 Å². The first-order valence-electron chi connectivity index (χ1n) is 13.1. The molecule has 2 aromatic carbocycles. The first kappa shape index (κ1) is 24.3. The number of hydrogen-bond acceptors (Lipinski definition) is 7. The summed E-state index contributed by atoms with van der Waals surface area (Å²) in [5.74, 6) is 2.06. The minimum Gasteiger partial charge on any atom is -0.491 e. The number of benzene rings is 2. The first-order chi connectivity index (χ1) is 18.7. The Morgan fingerprint density at radius 2 is 1.87 bits per heavy atom. The number of piperidine rings is 1. The number of imidazole rings is 1. The quantitative estimate of drug-likeness (QED) is 0.300.